The van der Waals surface area contributed by atoms with Gasteiger partial charge < -0.3 is 14.2 Å². The van der Waals surface area contributed by atoms with Gasteiger partial charge in [-0.15, -0.1) is 0 Å². The summed E-state index contributed by atoms with van der Waals surface area (Å²) < 4.78 is 69.5. The Morgan fingerprint density at radius 3 is 2.34 bits per heavy atom. The zero-order chi connectivity index (χ0) is 29.7. The Kier molecular flexibility index (Phi) is 10.1. The Labute approximate surface area is 247 Å². The molecule has 0 N–H and O–H groups in total. The Balaban J connectivity index is 1.65. The van der Waals surface area contributed by atoms with Gasteiger partial charge in [0.2, 0.25) is 10.0 Å². The third-order valence-electron chi connectivity index (χ3n) is 6.63. The van der Waals surface area contributed by atoms with Crippen LogP contribution in [0, 0.1) is 5.92 Å². The molecule has 0 bridgehead atoms. The fourth-order valence-electron chi connectivity index (χ4n) is 3.92. The van der Waals surface area contributed by atoms with E-state index in [-0.39, 0.29) is 32.9 Å². The Morgan fingerprint density at radius 1 is 1.07 bits per heavy atom. The first-order valence-corrected chi connectivity index (χ1v) is 14.9. The van der Waals surface area contributed by atoms with Crippen molar-refractivity contribution >= 4 is 39.2 Å². The van der Waals surface area contributed by atoms with Gasteiger partial charge in [-0.25, -0.2) is 8.42 Å². The van der Waals surface area contributed by atoms with Gasteiger partial charge in [-0.1, -0.05) is 47.5 Å². The molecular weight excluding hydrogens is 601 g/mol. The van der Waals surface area contributed by atoms with Gasteiger partial charge >= 0.3 is 12.6 Å². The number of aromatic nitrogens is 1. The maximum absolute atomic E-state index is 13.4. The van der Waals surface area contributed by atoms with Crippen LogP contribution in [0.5, 0.6) is 11.5 Å². The molecule has 0 unspecified atom stereocenters. The smallest absolute Gasteiger partial charge is 0.387 e. The number of sulfonamides is 1. The average Bonchev–Trinajstić information content (AvgIpc) is 3.78. The third kappa shape index (κ3) is 7.85. The molecule has 0 saturated heterocycles. The van der Waals surface area contributed by atoms with Crippen LogP contribution in [-0.4, -0.2) is 50.0 Å². The number of likely N-dealkylation sites (N-methyl/N-ethyl adjacent to an activating group) is 1. The summed E-state index contributed by atoms with van der Waals surface area (Å²) in [4.78, 5) is 17.3. The molecule has 3 aromatic rings. The standard InChI is InChI=1S/C28H28Cl2F2N2O6S/c1-17(34(2)41(36,37)20-6-4-3-5-7-20)27(35)39-25(13-21-22(29)14-33-15-23(21)30)19-10-11-24(40-28(31)32)26(12-19)38-16-18-8-9-18/h3-7,10-12,14-15,17-18,25,28H,8-9,13,16H2,1-2H3/t17-,25-/m0/s1. The van der Waals surface area contributed by atoms with Crippen molar-refractivity contribution in [2.45, 2.75) is 49.8 Å². The SMILES string of the molecule is C[C@@H](C(=O)O[C@@H](Cc1c(Cl)cncc1Cl)c1ccc(OC(F)F)c(OCC2CC2)c1)N(C)S(=O)(=O)c1ccccc1. The first kappa shape index (κ1) is 31.0. The summed E-state index contributed by atoms with van der Waals surface area (Å²) >= 11 is 12.7. The molecule has 1 heterocycles. The van der Waals surface area contributed by atoms with Crippen LogP contribution in [-0.2, 0) is 26.0 Å². The molecule has 1 aliphatic carbocycles. The van der Waals surface area contributed by atoms with Crippen molar-refractivity contribution in [1.29, 1.82) is 0 Å². The lowest BCUT2D eigenvalue weighted by atomic mass is 10.0. The number of hydrogen-bond donors (Lipinski definition) is 0. The molecule has 1 aliphatic rings. The van der Waals surface area contributed by atoms with Crippen LogP contribution in [0.25, 0.3) is 0 Å². The monoisotopic (exact) mass is 628 g/mol. The number of hydrogen-bond acceptors (Lipinski definition) is 7. The van der Waals surface area contributed by atoms with Gasteiger partial charge in [0.25, 0.3) is 0 Å². The predicted octanol–water partition coefficient (Wildman–Crippen LogP) is 6.31. The van der Waals surface area contributed by atoms with E-state index in [4.69, 9.17) is 32.7 Å². The Bertz CT molecular complexity index is 1460. The second kappa shape index (κ2) is 13.3. The highest BCUT2D eigenvalue weighted by atomic mass is 35.5. The van der Waals surface area contributed by atoms with Crippen molar-refractivity contribution in [3.05, 3.63) is 82.1 Å². The van der Waals surface area contributed by atoms with Crippen LogP contribution < -0.4 is 9.47 Å². The number of pyridine rings is 1. The van der Waals surface area contributed by atoms with Gasteiger partial charge in [0.05, 0.1) is 21.5 Å². The molecule has 0 spiro atoms. The quantitative estimate of drug-likeness (QED) is 0.205. The topological polar surface area (TPSA) is 95.0 Å². The average molecular weight is 630 g/mol. The van der Waals surface area contributed by atoms with E-state index in [1.807, 2.05) is 0 Å². The number of carbonyl (C=O) groups is 1. The van der Waals surface area contributed by atoms with Gasteiger partial charge in [0.15, 0.2) is 11.5 Å². The molecule has 220 valence electrons. The minimum atomic E-state index is -4.02. The van der Waals surface area contributed by atoms with E-state index in [0.717, 1.165) is 17.1 Å². The van der Waals surface area contributed by atoms with Crippen LogP contribution in [0.4, 0.5) is 8.78 Å². The zero-order valence-electron chi connectivity index (χ0n) is 22.2. The molecule has 2 aromatic carbocycles. The number of halogens is 4. The van der Waals surface area contributed by atoms with Gasteiger partial charge in [-0.3, -0.25) is 9.78 Å². The van der Waals surface area contributed by atoms with Gasteiger partial charge in [0.1, 0.15) is 12.1 Å². The van der Waals surface area contributed by atoms with E-state index in [0.29, 0.717) is 23.7 Å². The number of rotatable bonds is 13. The lowest BCUT2D eigenvalue weighted by Gasteiger charge is -2.26. The summed E-state index contributed by atoms with van der Waals surface area (Å²) in [5.41, 5.74) is 0.794. The maximum Gasteiger partial charge on any atom is 0.387 e. The van der Waals surface area contributed by atoms with Crippen LogP contribution in [0.15, 0.2) is 65.8 Å². The van der Waals surface area contributed by atoms with E-state index in [9.17, 15) is 22.0 Å². The maximum atomic E-state index is 13.4. The van der Waals surface area contributed by atoms with Gasteiger partial charge in [-0.05, 0) is 61.1 Å². The van der Waals surface area contributed by atoms with Crippen molar-refractivity contribution in [3.8, 4) is 11.5 Å². The van der Waals surface area contributed by atoms with Crippen molar-refractivity contribution in [2.75, 3.05) is 13.7 Å². The second-order valence-corrected chi connectivity index (χ2v) is 12.4. The molecule has 1 saturated carbocycles. The molecule has 0 radical (unpaired) electrons. The Morgan fingerprint density at radius 2 is 1.73 bits per heavy atom. The fraction of sp³-hybridized carbons (Fsp3) is 0.357. The van der Waals surface area contributed by atoms with E-state index in [1.54, 1.807) is 18.2 Å². The minimum absolute atomic E-state index is 0.0149. The molecule has 13 heteroatoms. The van der Waals surface area contributed by atoms with Gasteiger partial charge in [-0.2, -0.15) is 13.1 Å². The summed E-state index contributed by atoms with van der Waals surface area (Å²) in [6.45, 7) is -1.36. The first-order chi connectivity index (χ1) is 19.5. The molecule has 0 aliphatic heterocycles. The Hall–Kier alpha value is -2.99. The number of benzene rings is 2. The summed E-state index contributed by atoms with van der Waals surface area (Å²) in [5.74, 6) is -0.647. The van der Waals surface area contributed by atoms with Gasteiger partial charge in [0, 0.05) is 25.9 Å². The molecule has 0 amide bonds. The minimum Gasteiger partial charge on any atom is -0.489 e. The summed E-state index contributed by atoms with van der Waals surface area (Å²) in [7, 11) is -2.74. The van der Waals surface area contributed by atoms with E-state index in [2.05, 4.69) is 9.72 Å². The first-order valence-electron chi connectivity index (χ1n) is 12.7. The zero-order valence-corrected chi connectivity index (χ0v) is 24.5. The lowest BCUT2D eigenvalue weighted by molar-refractivity contribution is -0.153. The summed E-state index contributed by atoms with van der Waals surface area (Å²) in [5, 5.41) is 0.441. The van der Waals surface area contributed by atoms with E-state index < -0.39 is 34.7 Å². The fourth-order valence-corrected chi connectivity index (χ4v) is 5.78. The largest absolute Gasteiger partial charge is 0.489 e. The third-order valence-corrected chi connectivity index (χ3v) is 9.23. The van der Waals surface area contributed by atoms with Crippen LogP contribution >= 0.6 is 23.2 Å². The highest BCUT2D eigenvalue weighted by molar-refractivity contribution is 7.89. The van der Waals surface area contributed by atoms with Crippen molar-refractivity contribution in [2.24, 2.45) is 5.92 Å². The van der Waals surface area contributed by atoms with Crippen molar-refractivity contribution in [1.82, 2.24) is 9.29 Å². The molecule has 2 atom stereocenters. The highest BCUT2D eigenvalue weighted by Gasteiger charge is 2.33. The number of carbonyl (C=O) groups excluding carboxylic acids is 1. The highest BCUT2D eigenvalue weighted by Crippen LogP contribution is 2.38. The number of nitrogens with zero attached hydrogens (tertiary/aromatic N) is 2. The number of alkyl halides is 2. The lowest BCUT2D eigenvalue weighted by Crippen LogP contribution is -2.41. The summed E-state index contributed by atoms with van der Waals surface area (Å²) in [6.07, 6.45) is 3.63. The molecular formula is C28H28Cl2F2N2O6S. The predicted molar refractivity (Wildman–Crippen MR) is 149 cm³/mol. The second-order valence-electron chi connectivity index (χ2n) is 9.56. The molecule has 4 rings (SSSR count). The van der Waals surface area contributed by atoms with Crippen molar-refractivity contribution in [3.63, 3.8) is 0 Å². The normalized spacial score (nSPS) is 15.0. The molecule has 1 aromatic heterocycles. The van der Waals surface area contributed by atoms with Crippen LogP contribution in [0.3, 0.4) is 0 Å². The van der Waals surface area contributed by atoms with Crippen LogP contribution in [0.2, 0.25) is 10.0 Å². The molecule has 1 fully saturated rings. The summed E-state index contributed by atoms with van der Waals surface area (Å²) in [6, 6.07) is 10.7. The molecule has 8 nitrogen and oxygen atoms in total. The number of esters is 1. The van der Waals surface area contributed by atoms with E-state index >= 15 is 0 Å². The molecule has 41 heavy (non-hydrogen) atoms. The van der Waals surface area contributed by atoms with E-state index in [1.165, 1.54) is 56.7 Å². The number of ether oxygens (including phenoxy) is 3. The van der Waals surface area contributed by atoms with Crippen molar-refractivity contribution < 1.29 is 36.2 Å². The van der Waals surface area contributed by atoms with Crippen LogP contribution in [0.1, 0.15) is 37.0 Å².